The minimum absolute atomic E-state index is 0.0713. The van der Waals surface area contributed by atoms with E-state index in [0.717, 1.165) is 109 Å². The molecular weight excluding hydrogens is 1040 g/mol. The van der Waals surface area contributed by atoms with Crippen LogP contribution < -0.4 is 0 Å². The maximum Gasteiger partial charge on any atom is 0.306 e. The van der Waals surface area contributed by atoms with E-state index < -0.39 is 6.10 Å². The molecule has 5 nitrogen and oxygen atoms in total. The molecule has 0 aliphatic carbocycles. The van der Waals surface area contributed by atoms with Gasteiger partial charge in [-0.05, 0) is 89.9 Å². The Morgan fingerprint density at radius 1 is 0.282 bits per heavy atom. The van der Waals surface area contributed by atoms with Crippen LogP contribution in [0.15, 0.2) is 122 Å². The van der Waals surface area contributed by atoms with Crippen molar-refractivity contribution < 1.29 is 24.2 Å². The average molecular weight is 1180 g/mol. The lowest BCUT2D eigenvalue weighted by Crippen LogP contribution is -2.28. The monoisotopic (exact) mass is 1180 g/mol. The van der Waals surface area contributed by atoms with Crippen LogP contribution in [0, 0.1) is 0 Å². The summed E-state index contributed by atoms with van der Waals surface area (Å²) in [5.74, 6) is -0.591. The Bertz CT molecular complexity index is 1670. The summed E-state index contributed by atoms with van der Waals surface area (Å²) < 4.78 is 10.8. The van der Waals surface area contributed by atoms with Crippen LogP contribution in [0.3, 0.4) is 0 Å². The number of hydrogen-bond acceptors (Lipinski definition) is 5. The summed E-state index contributed by atoms with van der Waals surface area (Å²) in [7, 11) is 0. The van der Waals surface area contributed by atoms with Crippen LogP contribution in [0.1, 0.15) is 354 Å². The zero-order valence-electron chi connectivity index (χ0n) is 56.1. The fraction of sp³-hybridized carbons (Fsp3) is 0.725. The fourth-order valence-electron chi connectivity index (χ4n) is 10.6. The van der Waals surface area contributed by atoms with Crippen molar-refractivity contribution in [3.8, 4) is 0 Å². The number of rotatable bonds is 67. The SMILES string of the molecule is CC/C=C\C/C=C\C/C=C\C/C=C\C/C=C\C/C=C\C/C=C\C/C=C\C/C=C\C/C=C\CCCCCCCCCCC(=O)OC(CO)COC(=O)CCCCCCCCCCCCCCCCCCCCCCCCCCCCCCCCCC. The van der Waals surface area contributed by atoms with Crippen molar-refractivity contribution in [1.82, 2.24) is 0 Å². The van der Waals surface area contributed by atoms with Gasteiger partial charge in [0.15, 0.2) is 6.10 Å². The lowest BCUT2D eigenvalue weighted by Gasteiger charge is -2.15. The maximum atomic E-state index is 12.4. The van der Waals surface area contributed by atoms with E-state index in [1.807, 2.05) is 0 Å². The first-order valence-corrected chi connectivity index (χ1v) is 36.6. The topological polar surface area (TPSA) is 72.8 Å². The molecule has 488 valence electrons. The van der Waals surface area contributed by atoms with Gasteiger partial charge in [-0.1, -0.05) is 373 Å². The molecule has 0 saturated carbocycles. The van der Waals surface area contributed by atoms with E-state index in [2.05, 4.69) is 135 Å². The first-order chi connectivity index (χ1) is 42.1. The third-order valence-electron chi connectivity index (χ3n) is 16.0. The molecule has 0 amide bonds. The van der Waals surface area contributed by atoms with Crippen molar-refractivity contribution >= 4 is 11.9 Å². The first-order valence-electron chi connectivity index (χ1n) is 36.6. The molecule has 0 aliphatic heterocycles. The zero-order chi connectivity index (χ0) is 61.2. The molecule has 0 saturated heterocycles. The molecule has 0 spiro atoms. The number of unbranched alkanes of at least 4 members (excludes halogenated alkanes) is 39. The molecule has 85 heavy (non-hydrogen) atoms. The second-order valence-electron chi connectivity index (χ2n) is 24.3. The molecule has 0 rings (SSSR count). The van der Waals surface area contributed by atoms with Crippen molar-refractivity contribution in [3.05, 3.63) is 122 Å². The Morgan fingerprint density at radius 3 is 0.765 bits per heavy atom. The van der Waals surface area contributed by atoms with E-state index in [0.29, 0.717) is 12.8 Å². The molecular formula is C80H138O5. The summed E-state index contributed by atoms with van der Waals surface area (Å²) in [5, 5.41) is 9.71. The van der Waals surface area contributed by atoms with E-state index in [-0.39, 0.29) is 25.2 Å². The Morgan fingerprint density at radius 2 is 0.506 bits per heavy atom. The van der Waals surface area contributed by atoms with Crippen LogP contribution in [-0.4, -0.2) is 36.4 Å². The number of carbonyl (C=O) groups excluding carboxylic acids is 2. The summed E-state index contributed by atoms with van der Waals surface area (Å²) in [6.45, 7) is 4.06. The van der Waals surface area contributed by atoms with Crippen LogP contribution in [0.5, 0.6) is 0 Å². The number of ether oxygens (including phenoxy) is 2. The number of esters is 2. The van der Waals surface area contributed by atoms with Crippen molar-refractivity contribution in [2.24, 2.45) is 0 Å². The van der Waals surface area contributed by atoms with Gasteiger partial charge in [-0.25, -0.2) is 0 Å². The fourth-order valence-corrected chi connectivity index (χ4v) is 10.6. The lowest BCUT2D eigenvalue weighted by atomic mass is 10.0. The summed E-state index contributed by atoms with van der Waals surface area (Å²) in [6, 6.07) is 0. The van der Waals surface area contributed by atoms with Gasteiger partial charge < -0.3 is 14.6 Å². The van der Waals surface area contributed by atoms with Crippen molar-refractivity contribution in [2.45, 2.75) is 360 Å². The maximum absolute atomic E-state index is 12.4. The number of aliphatic hydroxyl groups is 1. The molecule has 0 bridgehead atoms. The van der Waals surface area contributed by atoms with Gasteiger partial charge in [-0.3, -0.25) is 9.59 Å². The van der Waals surface area contributed by atoms with Gasteiger partial charge in [0.25, 0.3) is 0 Å². The van der Waals surface area contributed by atoms with Gasteiger partial charge in [0.2, 0.25) is 0 Å². The minimum atomic E-state index is -0.784. The van der Waals surface area contributed by atoms with Crippen molar-refractivity contribution in [3.63, 3.8) is 0 Å². The highest BCUT2D eigenvalue weighted by atomic mass is 16.6. The number of hydrogen-bond donors (Lipinski definition) is 1. The number of allylic oxidation sites excluding steroid dienone is 20. The normalized spacial score (nSPS) is 12.9. The lowest BCUT2D eigenvalue weighted by molar-refractivity contribution is -0.161. The predicted octanol–water partition coefficient (Wildman–Crippen LogP) is 25.7. The van der Waals surface area contributed by atoms with E-state index in [9.17, 15) is 14.7 Å². The summed E-state index contributed by atoms with van der Waals surface area (Å²) >= 11 is 0. The molecule has 1 unspecified atom stereocenters. The van der Waals surface area contributed by atoms with E-state index in [4.69, 9.17) is 9.47 Å². The zero-order valence-corrected chi connectivity index (χ0v) is 56.1. The number of aliphatic hydroxyl groups excluding tert-OH is 1. The highest BCUT2D eigenvalue weighted by molar-refractivity contribution is 5.70. The molecule has 5 heteroatoms. The first kappa shape index (κ1) is 81.3. The largest absolute Gasteiger partial charge is 0.462 e. The van der Waals surface area contributed by atoms with Crippen LogP contribution >= 0.6 is 0 Å². The second-order valence-corrected chi connectivity index (χ2v) is 24.3. The molecule has 1 atom stereocenters. The quantitative estimate of drug-likeness (QED) is 0.0373. The van der Waals surface area contributed by atoms with Gasteiger partial charge >= 0.3 is 11.9 Å². The van der Waals surface area contributed by atoms with Gasteiger partial charge in [0, 0.05) is 12.8 Å². The van der Waals surface area contributed by atoms with Crippen molar-refractivity contribution in [1.29, 1.82) is 0 Å². The molecule has 0 fully saturated rings. The minimum Gasteiger partial charge on any atom is -0.462 e. The average Bonchev–Trinajstić information content (AvgIpc) is 3.51. The predicted molar refractivity (Wildman–Crippen MR) is 375 cm³/mol. The van der Waals surface area contributed by atoms with Crippen LogP contribution in [0.2, 0.25) is 0 Å². The summed E-state index contributed by atoms with van der Waals surface area (Å²) in [5.41, 5.74) is 0. The highest BCUT2D eigenvalue weighted by Crippen LogP contribution is 2.18. The molecule has 0 aromatic carbocycles. The summed E-state index contributed by atoms with van der Waals surface area (Å²) in [6.07, 6.45) is 110. The van der Waals surface area contributed by atoms with Gasteiger partial charge in [0.05, 0.1) is 6.61 Å². The standard InChI is InChI=1S/C80H138O5/c1-3-5-7-9-11-13-15-17-19-21-23-25-27-29-31-33-35-37-38-39-40-41-42-43-45-47-49-51-53-55-57-59-61-63-65-67-69-71-73-75-80(83)85-78(76-81)77-84-79(82)74-72-70-68-66-64-62-60-58-56-54-52-50-48-46-44-36-34-32-30-28-26-24-22-20-18-16-14-12-10-8-6-4-2/h5,7,11,13,17,19,23,25,29,31,35,37,39-40,42-43,47,49,53,55,78,81H,3-4,6,8-10,12,14-16,18,20-22,24,26-28,30,32-34,36,38,41,44-46,48,50-52,54,56-77H2,1-2H3/b7-5-,13-11-,19-17-,25-23-,31-29-,37-35-,40-39-,43-42-,49-47-,55-53-. The Kier molecular flexibility index (Phi) is 71.3. The number of carbonyl (C=O) groups is 2. The van der Waals surface area contributed by atoms with Crippen molar-refractivity contribution in [2.75, 3.05) is 13.2 Å². The van der Waals surface area contributed by atoms with Crippen LogP contribution in [-0.2, 0) is 19.1 Å². The van der Waals surface area contributed by atoms with Gasteiger partial charge in [-0.15, -0.1) is 0 Å². The van der Waals surface area contributed by atoms with Crippen LogP contribution in [0.4, 0.5) is 0 Å². The molecule has 0 heterocycles. The van der Waals surface area contributed by atoms with Crippen LogP contribution in [0.25, 0.3) is 0 Å². The van der Waals surface area contributed by atoms with Gasteiger partial charge in [0.1, 0.15) is 6.61 Å². The summed E-state index contributed by atoms with van der Waals surface area (Å²) in [4.78, 5) is 24.7. The molecule has 0 aliphatic rings. The molecule has 0 aromatic rings. The van der Waals surface area contributed by atoms with Gasteiger partial charge in [-0.2, -0.15) is 0 Å². The van der Waals surface area contributed by atoms with E-state index in [1.165, 1.54) is 218 Å². The second kappa shape index (κ2) is 74.6. The highest BCUT2D eigenvalue weighted by Gasteiger charge is 2.16. The Labute approximate surface area is 528 Å². The van der Waals surface area contributed by atoms with E-state index >= 15 is 0 Å². The third kappa shape index (κ3) is 72.7. The molecule has 0 radical (unpaired) electrons. The molecule has 0 aromatic heterocycles. The third-order valence-corrected chi connectivity index (χ3v) is 16.0. The molecule has 1 N–H and O–H groups in total. The smallest absolute Gasteiger partial charge is 0.306 e. The Balaban J connectivity index is 3.51. The van der Waals surface area contributed by atoms with E-state index in [1.54, 1.807) is 0 Å². The Hall–Kier alpha value is -3.70.